The van der Waals surface area contributed by atoms with Crippen LogP contribution in [0.1, 0.15) is 90.9 Å². The van der Waals surface area contributed by atoms with Crippen LogP contribution in [-0.4, -0.2) is 29.4 Å². The second-order valence-corrected chi connectivity index (χ2v) is 7.70. The summed E-state index contributed by atoms with van der Waals surface area (Å²) in [4.78, 5) is 0. The Balaban J connectivity index is 0. The van der Waals surface area contributed by atoms with Gasteiger partial charge in [0, 0.05) is 5.25 Å². The third-order valence-corrected chi connectivity index (χ3v) is 5.27. The SMILES string of the molecule is CCCCCCCCCC(CCC(O)CCC)S(=O)(=O)[O-].[K+]. The topological polar surface area (TPSA) is 77.4 Å². The van der Waals surface area contributed by atoms with Crippen molar-refractivity contribution in [3.8, 4) is 0 Å². The van der Waals surface area contributed by atoms with Crippen LogP contribution in [0.25, 0.3) is 0 Å². The molecule has 2 atom stereocenters. The van der Waals surface area contributed by atoms with E-state index in [-0.39, 0.29) is 51.4 Å². The summed E-state index contributed by atoms with van der Waals surface area (Å²) in [6, 6.07) is 0. The van der Waals surface area contributed by atoms with Gasteiger partial charge in [0.2, 0.25) is 0 Å². The Morgan fingerprint density at radius 1 is 0.818 bits per heavy atom. The van der Waals surface area contributed by atoms with Gasteiger partial charge in [-0.25, -0.2) is 8.42 Å². The van der Waals surface area contributed by atoms with Gasteiger partial charge in [-0.3, -0.25) is 0 Å². The zero-order valence-corrected chi connectivity index (χ0v) is 18.7. The van der Waals surface area contributed by atoms with E-state index in [1.54, 1.807) is 0 Å². The van der Waals surface area contributed by atoms with Gasteiger partial charge in [-0.2, -0.15) is 0 Å². The summed E-state index contributed by atoms with van der Waals surface area (Å²) in [5.41, 5.74) is 0. The van der Waals surface area contributed by atoms with Crippen LogP contribution in [0.15, 0.2) is 0 Å². The van der Waals surface area contributed by atoms with Gasteiger partial charge in [0.1, 0.15) is 0 Å². The average Bonchev–Trinajstić information content (AvgIpc) is 2.40. The van der Waals surface area contributed by atoms with Crippen molar-refractivity contribution in [1.29, 1.82) is 0 Å². The van der Waals surface area contributed by atoms with E-state index in [0.717, 1.165) is 25.7 Å². The maximum atomic E-state index is 11.3. The van der Waals surface area contributed by atoms with Gasteiger partial charge in [0.05, 0.1) is 16.2 Å². The van der Waals surface area contributed by atoms with E-state index in [2.05, 4.69) is 6.92 Å². The molecule has 0 aliphatic heterocycles. The fourth-order valence-corrected chi connectivity index (χ4v) is 3.50. The molecule has 0 aromatic carbocycles. The fraction of sp³-hybridized carbons (Fsp3) is 1.00. The molecule has 1 N–H and O–H groups in total. The Labute approximate surface area is 180 Å². The molecule has 0 aliphatic carbocycles. The van der Waals surface area contributed by atoms with Gasteiger partial charge in [-0.1, -0.05) is 65.2 Å². The summed E-state index contributed by atoms with van der Waals surface area (Å²) in [6.45, 7) is 4.15. The van der Waals surface area contributed by atoms with E-state index in [1.165, 1.54) is 25.7 Å². The molecule has 0 saturated carbocycles. The first-order valence-electron chi connectivity index (χ1n) is 8.54. The van der Waals surface area contributed by atoms with E-state index < -0.39 is 21.5 Å². The van der Waals surface area contributed by atoms with Crippen molar-refractivity contribution in [3.63, 3.8) is 0 Å². The molecule has 6 heteroatoms. The first kappa shape index (κ1) is 25.7. The van der Waals surface area contributed by atoms with Crippen molar-refractivity contribution in [2.75, 3.05) is 0 Å². The minimum absolute atomic E-state index is 0. The van der Waals surface area contributed by atoms with Gasteiger partial charge < -0.3 is 9.66 Å². The summed E-state index contributed by atoms with van der Waals surface area (Å²) in [6.07, 6.45) is 10.0. The van der Waals surface area contributed by atoms with E-state index in [0.29, 0.717) is 25.7 Å². The fourth-order valence-electron chi connectivity index (χ4n) is 2.62. The second kappa shape index (κ2) is 16.0. The first-order chi connectivity index (χ1) is 9.91. The molecule has 0 aromatic rings. The van der Waals surface area contributed by atoms with Gasteiger partial charge >= 0.3 is 51.4 Å². The van der Waals surface area contributed by atoms with Gasteiger partial charge in [-0.05, 0) is 25.7 Å². The zero-order valence-electron chi connectivity index (χ0n) is 14.7. The maximum absolute atomic E-state index is 11.3. The van der Waals surface area contributed by atoms with Gasteiger partial charge in [0.25, 0.3) is 0 Å². The minimum atomic E-state index is -4.24. The molecule has 4 nitrogen and oxygen atoms in total. The summed E-state index contributed by atoms with van der Waals surface area (Å²) in [7, 11) is -4.24. The molecule has 0 aliphatic rings. The van der Waals surface area contributed by atoms with Crippen LogP contribution in [0.2, 0.25) is 0 Å². The summed E-state index contributed by atoms with van der Waals surface area (Å²) in [5.74, 6) is 0. The van der Waals surface area contributed by atoms with Crippen molar-refractivity contribution in [2.45, 2.75) is 102 Å². The van der Waals surface area contributed by atoms with E-state index in [1.807, 2.05) is 6.92 Å². The van der Waals surface area contributed by atoms with Crippen molar-refractivity contribution in [1.82, 2.24) is 0 Å². The maximum Gasteiger partial charge on any atom is 1.00 e. The van der Waals surface area contributed by atoms with Crippen molar-refractivity contribution >= 4 is 10.1 Å². The Morgan fingerprint density at radius 2 is 1.36 bits per heavy atom. The van der Waals surface area contributed by atoms with Crippen LogP contribution >= 0.6 is 0 Å². The third kappa shape index (κ3) is 15.1. The number of aliphatic hydroxyl groups excluding tert-OH is 1. The predicted molar refractivity (Wildman–Crippen MR) is 86.2 cm³/mol. The van der Waals surface area contributed by atoms with Crippen LogP contribution in [0.3, 0.4) is 0 Å². The molecule has 0 saturated heterocycles. The Hall–Kier alpha value is 1.51. The van der Waals surface area contributed by atoms with E-state index in [9.17, 15) is 18.1 Å². The van der Waals surface area contributed by atoms with Crippen LogP contribution in [0.5, 0.6) is 0 Å². The van der Waals surface area contributed by atoms with Crippen molar-refractivity contribution < 1.29 is 69.5 Å². The molecular formula is C16H33KO4S. The smallest absolute Gasteiger partial charge is 0.748 e. The Kier molecular flexibility index (Phi) is 18.7. The number of aliphatic hydroxyl groups is 1. The monoisotopic (exact) mass is 360 g/mol. The minimum Gasteiger partial charge on any atom is -0.748 e. The summed E-state index contributed by atoms with van der Waals surface area (Å²) >= 11 is 0. The molecule has 0 amide bonds. The molecule has 22 heavy (non-hydrogen) atoms. The van der Waals surface area contributed by atoms with E-state index >= 15 is 0 Å². The van der Waals surface area contributed by atoms with Gasteiger partial charge in [0.15, 0.2) is 0 Å². The van der Waals surface area contributed by atoms with Crippen LogP contribution in [0.4, 0.5) is 0 Å². The molecular weight excluding hydrogens is 327 g/mol. The molecule has 2 unspecified atom stereocenters. The first-order valence-corrected chi connectivity index (χ1v) is 10.0. The average molecular weight is 361 g/mol. The van der Waals surface area contributed by atoms with Crippen LogP contribution < -0.4 is 51.4 Å². The van der Waals surface area contributed by atoms with Gasteiger partial charge in [-0.15, -0.1) is 0 Å². The number of unbranched alkanes of at least 4 members (excludes halogenated alkanes) is 6. The molecule has 0 heterocycles. The quantitative estimate of drug-likeness (QED) is 0.285. The third-order valence-electron chi connectivity index (χ3n) is 3.98. The zero-order chi connectivity index (χ0) is 16.1. The Bertz CT molecular complexity index is 333. The molecule has 0 aromatic heterocycles. The Morgan fingerprint density at radius 3 is 1.86 bits per heavy atom. The molecule has 128 valence electrons. The largest absolute Gasteiger partial charge is 1.00 e. The molecule has 0 bridgehead atoms. The number of rotatable bonds is 14. The van der Waals surface area contributed by atoms with E-state index in [4.69, 9.17) is 0 Å². The summed E-state index contributed by atoms with van der Waals surface area (Å²) in [5, 5.41) is 8.84. The van der Waals surface area contributed by atoms with Crippen LogP contribution in [0, 0.1) is 0 Å². The molecule has 0 rings (SSSR count). The second-order valence-electron chi connectivity index (χ2n) is 6.04. The van der Waals surface area contributed by atoms with Crippen molar-refractivity contribution in [2.24, 2.45) is 0 Å². The number of hydrogen-bond donors (Lipinski definition) is 1. The molecule has 0 spiro atoms. The predicted octanol–water partition coefficient (Wildman–Crippen LogP) is 0.986. The standard InChI is InChI=1S/C16H34O4S.K/c1-3-5-6-7-8-9-10-12-16(21(18,19)20)14-13-15(17)11-4-2;/h15-17H,3-14H2,1-2H3,(H,18,19,20);/q;+1/p-1. The van der Waals surface area contributed by atoms with Crippen molar-refractivity contribution in [3.05, 3.63) is 0 Å². The molecule has 0 fully saturated rings. The number of hydrogen-bond acceptors (Lipinski definition) is 4. The van der Waals surface area contributed by atoms with Crippen LogP contribution in [-0.2, 0) is 10.1 Å². The molecule has 0 radical (unpaired) electrons. The normalized spacial score (nSPS) is 14.4. The summed E-state index contributed by atoms with van der Waals surface area (Å²) < 4.78 is 33.8.